The summed E-state index contributed by atoms with van der Waals surface area (Å²) in [6, 6.07) is 10.2. The number of carbonyl (C=O) groups is 1. The maximum atomic E-state index is 13.9. The van der Waals surface area contributed by atoms with Crippen molar-refractivity contribution in [3.8, 4) is 0 Å². The number of fused-ring (bicyclic) bond motifs is 1. The van der Waals surface area contributed by atoms with Crippen molar-refractivity contribution in [1.29, 1.82) is 0 Å². The Balaban J connectivity index is 1.43. The van der Waals surface area contributed by atoms with Crippen LogP contribution in [0.1, 0.15) is 0 Å². The summed E-state index contributed by atoms with van der Waals surface area (Å²) in [5.74, 6) is -0.428. The molecule has 4 rings (SSSR count). The number of para-hydroxylation sites is 1. The Hall–Kier alpha value is -3.16. The first-order chi connectivity index (χ1) is 12.6. The molecule has 3 heterocycles. The van der Waals surface area contributed by atoms with Crippen molar-refractivity contribution in [2.24, 2.45) is 0 Å². The van der Waals surface area contributed by atoms with Gasteiger partial charge in [-0.05, 0) is 24.3 Å². The number of nitrogens with zero attached hydrogens (tertiary/aromatic N) is 5. The first kappa shape index (κ1) is 16.3. The van der Waals surface area contributed by atoms with Gasteiger partial charge in [-0.15, -0.1) is 0 Å². The van der Waals surface area contributed by atoms with E-state index in [1.807, 2.05) is 4.90 Å². The van der Waals surface area contributed by atoms with E-state index < -0.39 is 0 Å². The van der Waals surface area contributed by atoms with Gasteiger partial charge in [0.25, 0.3) is 0 Å². The van der Waals surface area contributed by atoms with Crippen LogP contribution in [0.2, 0.25) is 0 Å². The van der Waals surface area contributed by atoms with Crippen LogP contribution in [0.25, 0.3) is 5.52 Å². The van der Waals surface area contributed by atoms with Crippen molar-refractivity contribution >= 4 is 17.1 Å². The number of rotatable bonds is 3. The van der Waals surface area contributed by atoms with E-state index >= 15 is 0 Å². The Morgan fingerprint density at radius 1 is 1.08 bits per heavy atom. The van der Waals surface area contributed by atoms with Crippen LogP contribution in [0.4, 0.5) is 10.1 Å². The predicted octanol–water partition coefficient (Wildman–Crippen LogP) is 0.984. The SMILES string of the molecule is O=C(Cn1ncc2cccn2c1=O)N1CCN(c2ccccc2F)CC1. The van der Waals surface area contributed by atoms with Crippen LogP contribution in [-0.4, -0.2) is 51.2 Å². The third kappa shape index (κ3) is 2.94. The third-order valence-corrected chi connectivity index (χ3v) is 4.65. The molecule has 1 fully saturated rings. The largest absolute Gasteiger partial charge is 0.366 e. The van der Waals surface area contributed by atoms with E-state index in [4.69, 9.17) is 0 Å². The molecule has 1 amide bonds. The molecular weight excluding hydrogens is 337 g/mol. The zero-order valence-electron chi connectivity index (χ0n) is 14.1. The number of hydrogen-bond donors (Lipinski definition) is 0. The van der Waals surface area contributed by atoms with E-state index in [9.17, 15) is 14.0 Å². The summed E-state index contributed by atoms with van der Waals surface area (Å²) < 4.78 is 16.5. The Morgan fingerprint density at radius 2 is 1.85 bits per heavy atom. The molecule has 3 aromatic rings. The van der Waals surface area contributed by atoms with Gasteiger partial charge < -0.3 is 9.80 Å². The molecule has 1 aliphatic rings. The molecule has 1 saturated heterocycles. The first-order valence-electron chi connectivity index (χ1n) is 8.44. The zero-order valence-corrected chi connectivity index (χ0v) is 14.1. The second kappa shape index (κ2) is 6.62. The van der Waals surface area contributed by atoms with Crippen LogP contribution >= 0.6 is 0 Å². The molecule has 0 saturated carbocycles. The van der Waals surface area contributed by atoms with E-state index in [0.717, 1.165) is 0 Å². The fourth-order valence-corrected chi connectivity index (χ4v) is 3.22. The van der Waals surface area contributed by atoms with Crippen LogP contribution in [-0.2, 0) is 11.3 Å². The molecule has 0 unspecified atom stereocenters. The summed E-state index contributed by atoms with van der Waals surface area (Å²) in [7, 11) is 0. The van der Waals surface area contributed by atoms with Crippen LogP contribution in [0.5, 0.6) is 0 Å². The summed E-state index contributed by atoms with van der Waals surface area (Å²) in [6.07, 6.45) is 3.21. The lowest BCUT2D eigenvalue weighted by Crippen LogP contribution is -2.50. The topological polar surface area (TPSA) is 62.9 Å². The highest BCUT2D eigenvalue weighted by atomic mass is 19.1. The monoisotopic (exact) mass is 355 g/mol. The molecule has 0 bridgehead atoms. The van der Waals surface area contributed by atoms with Gasteiger partial charge >= 0.3 is 5.69 Å². The minimum Gasteiger partial charge on any atom is -0.366 e. The molecule has 8 heteroatoms. The summed E-state index contributed by atoms with van der Waals surface area (Å²) >= 11 is 0. The minimum atomic E-state index is -0.342. The molecule has 2 aromatic heterocycles. The van der Waals surface area contributed by atoms with Crippen LogP contribution in [0.15, 0.2) is 53.6 Å². The van der Waals surface area contributed by atoms with Gasteiger partial charge in [-0.3, -0.25) is 9.20 Å². The molecule has 1 aromatic carbocycles. The molecule has 7 nitrogen and oxygen atoms in total. The number of halogens is 1. The number of aromatic nitrogens is 3. The van der Waals surface area contributed by atoms with Gasteiger partial charge in [0.2, 0.25) is 5.91 Å². The van der Waals surface area contributed by atoms with Gasteiger partial charge in [-0.1, -0.05) is 12.1 Å². The number of amides is 1. The number of anilines is 1. The van der Waals surface area contributed by atoms with Crippen molar-refractivity contribution in [3.05, 3.63) is 65.1 Å². The van der Waals surface area contributed by atoms with E-state index in [1.165, 1.54) is 15.1 Å². The van der Waals surface area contributed by atoms with Crippen LogP contribution in [0.3, 0.4) is 0 Å². The minimum absolute atomic E-state index is 0.105. The second-order valence-corrected chi connectivity index (χ2v) is 6.21. The van der Waals surface area contributed by atoms with Crippen molar-refractivity contribution in [3.63, 3.8) is 0 Å². The summed E-state index contributed by atoms with van der Waals surface area (Å²) in [4.78, 5) is 28.5. The van der Waals surface area contributed by atoms with Crippen LogP contribution in [0, 0.1) is 5.82 Å². The molecule has 1 aliphatic heterocycles. The van der Waals surface area contributed by atoms with Gasteiger partial charge in [-0.25, -0.2) is 13.9 Å². The Bertz CT molecular complexity index is 1000. The molecule has 0 aliphatic carbocycles. The van der Waals surface area contributed by atoms with E-state index in [0.29, 0.717) is 37.4 Å². The van der Waals surface area contributed by atoms with Crippen molar-refractivity contribution in [2.75, 3.05) is 31.1 Å². The van der Waals surface area contributed by atoms with Crippen molar-refractivity contribution in [1.82, 2.24) is 19.1 Å². The van der Waals surface area contributed by atoms with Gasteiger partial charge in [0, 0.05) is 32.4 Å². The number of carbonyl (C=O) groups excluding carboxylic acids is 1. The van der Waals surface area contributed by atoms with E-state index in [1.54, 1.807) is 47.6 Å². The van der Waals surface area contributed by atoms with Gasteiger partial charge in [-0.2, -0.15) is 5.10 Å². The van der Waals surface area contributed by atoms with E-state index in [2.05, 4.69) is 5.10 Å². The molecule has 0 atom stereocenters. The van der Waals surface area contributed by atoms with Gasteiger partial charge in [0.05, 0.1) is 17.4 Å². The highest BCUT2D eigenvalue weighted by Gasteiger charge is 2.23. The Labute approximate surface area is 148 Å². The van der Waals surface area contributed by atoms with Crippen molar-refractivity contribution < 1.29 is 9.18 Å². The fraction of sp³-hybridized carbons (Fsp3) is 0.278. The average Bonchev–Trinajstić information content (AvgIpc) is 3.14. The molecular formula is C18H18FN5O2. The summed E-state index contributed by atoms with van der Waals surface area (Å²) in [6.45, 7) is 1.95. The highest BCUT2D eigenvalue weighted by molar-refractivity contribution is 5.76. The fourth-order valence-electron chi connectivity index (χ4n) is 3.22. The summed E-state index contributed by atoms with van der Waals surface area (Å²) in [5.41, 5.74) is 0.901. The number of hydrogen-bond acceptors (Lipinski definition) is 4. The lowest BCUT2D eigenvalue weighted by Gasteiger charge is -2.36. The lowest BCUT2D eigenvalue weighted by atomic mass is 10.2. The average molecular weight is 355 g/mol. The van der Waals surface area contributed by atoms with Crippen LogP contribution < -0.4 is 10.6 Å². The predicted molar refractivity (Wildman–Crippen MR) is 94.6 cm³/mol. The molecule has 0 spiro atoms. The maximum Gasteiger partial charge on any atom is 0.349 e. The summed E-state index contributed by atoms with van der Waals surface area (Å²) in [5, 5.41) is 4.06. The smallest absolute Gasteiger partial charge is 0.349 e. The van der Waals surface area contributed by atoms with Gasteiger partial charge in [0.15, 0.2) is 0 Å². The number of benzene rings is 1. The van der Waals surface area contributed by atoms with E-state index in [-0.39, 0.29) is 24.0 Å². The molecule has 26 heavy (non-hydrogen) atoms. The Morgan fingerprint density at radius 3 is 2.62 bits per heavy atom. The molecule has 134 valence electrons. The second-order valence-electron chi connectivity index (χ2n) is 6.21. The lowest BCUT2D eigenvalue weighted by molar-refractivity contribution is -0.132. The van der Waals surface area contributed by atoms with Crippen molar-refractivity contribution in [2.45, 2.75) is 6.54 Å². The highest BCUT2D eigenvalue weighted by Crippen LogP contribution is 2.20. The zero-order chi connectivity index (χ0) is 18.1. The maximum absolute atomic E-state index is 13.9. The number of piperazine rings is 1. The standard InChI is InChI=1S/C18H18FN5O2/c19-15-5-1-2-6-16(15)21-8-10-22(11-9-21)17(25)13-24-18(26)23-7-3-4-14(23)12-20-24/h1-7,12H,8-11,13H2. The molecule has 0 N–H and O–H groups in total. The Kier molecular flexibility index (Phi) is 4.16. The third-order valence-electron chi connectivity index (χ3n) is 4.65. The normalized spacial score (nSPS) is 14.8. The first-order valence-corrected chi connectivity index (χ1v) is 8.44. The molecule has 0 radical (unpaired) electrons. The van der Waals surface area contributed by atoms with Gasteiger partial charge in [0.1, 0.15) is 12.4 Å². The quantitative estimate of drug-likeness (QED) is 0.703.